The summed E-state index contributed by atoms with van der Waals surface area (Å²) in [7, 11) is 3.67. The van der Waals surface area contributed by atoms with Crippen molar-refractivity contribution in [3.8, 4) is 5.75 Å². The predicted molar refractivity (Wildman–Crippen MR) is 143 cm³/mol. The summed E-state index contributed by atoms with van der Waals surface area (Å²) in [5, 5.41) is 15.1. The van der Waals surface area contributed by atoms with Crippen molar-refractivity contribution in [3.63, 3.8) is 0 Å². The molecule has 32 heavy (non-hydrogen) atoms. The Morgan fingerprint density at radius 2 is 1.97 bits per heavy atom. The lowest BCUT2D eigenvalue weighted by atomic mass is 10.1. The van der Waals surface area contributed by atoms with Crippen LogP contribution in [0.15, 0.2) is 23.2 Å². The molecule has 0 aliphatic carbocycles. The molecule has 0 saturated heterocycles. The number of halogens is 1. The summed E-state index contributed by atoms with van der Waals surface area (Å²) in [6.45, 7) is 7.26. The summed E-state index contributed by atoms with van der Waals surface area (Å²) >= 11 is 1.85. The fourth-order valence-electron chi connectivity index (χ4n) is 2.84. The van der Waals surface area contributed by atoms with Gasteiger partial charge in [0.05, 0.1) is 19.7 Å². The Bertz CT molecular complexity index is 831. The molecule has 0 aliphatic heterocycles. The van der Waals surface area contributed by atoms with Gasteiger partial charge in [-0.05, 0) is 43.9 Å². The molecular formula is C22H37IN6O2S. The minimum atomic E-state index is 0. The van der Waals surface area contributed by atoms with E-state index in [9.17, 15) is 0 Å². The van der Waals surface area contributed by atoms with Gasteiger partial charge in [-0.25, -0.2) is 4.99 Å². The number of hydrogen-bond acceptors (Lipinski definition) is 6. The number of thioether (sulfide) groups is 1. The van der Waals surface area contributed by atoms with E-state index in [4.69, 9.17) is 14.5 Å². The second-order valence-corrected chi connectivity index (χ2v) is 8.31. The van der Waals surface area contributed by atoms with E-state index in [1.807, 2.05) is 30.3 Å². The predicted octanol–water partition coefficient (Wildman–Crippen LogP) is 3.45. The molecule has 1 heterocycles. The van der Waals surface area contributed by atoms with Crippen molar-refractivity contribution in [2.75, 3.05) is 38.9 Å². The van der Waals surface area contributed by atoms with Crippen molar-refractivity contribution in [2.45, 2.75) is 39.8 Å². The first-order valence-corrected chi connectivity index (χ1v) is 12.0. The number of nitrogens with zero attached hydrogens (tertiary/aromatic N) is 4. The largest absolute Gasteiger partial charge is 0.493 e. The zero-order valence-corrected chi connectivity index (χ0v) is 23.0. The summed E-state index contributed by atoms with van der Waals surface area (Å²) in [4.78, 5) is 4.80. The fraction of sp³-hybridized carbons (Fsp3) is 0.591. The van der Waals surface area contributed by atoms with Crippen molar-refractivity contribution in [1.29, 1.82) is 0 Å². The maximum absolute atomic E-state index is 6.00. The van der Waals surface area contributed by atoms with E-state index >= 15 is 0 Å². The van der Waals surface area contributed by atoms with Gasteiger partial charge in [0.25, 0.3) is 0 Å². The molecule has 180 valence electrons. The zero-order valence-electron chi connectivity index (χ0n) is 19.8. The molecular weight excluding hydrogens is 539 g/mol. The average Bonchev–Trinajstić information content (AvgIpc) is 3.08. The molecule has 0 saturated carbocycles. The van der Waals surface area contributed by atoms with Gasteiger partial charge < -0.3 is 24.7 Å². The molecule has 0 bridgehead atoms. The number of hydrogen-bond donors (Lipinski definition) is 2. The molecule has 2 N–H and O–H groups in total. The van der Waals surface area contributed by atoms with Crippen LogP contribution in [0.2, 0.25) is 0 Å². The molecule has 0 fully saturated rings. The fourth-order valence-corrected chi connectivity index (χ4v) is 3.27. The molecule has 0 spiro atoms. The maximum Gasteiger partial charge on any atom is 0.191 e. The normalized spacial score (nSPS) is 11.2. The van der Waals surface area contributed by atoms with Crippen LogP contribution >= 0.6 is 35.7 Å². The molecule has 0 atom stereocenters. The molecule has 1 aromatic carbocycles. The number of benzene rings is 1. The lowest BCUT2D eigenvalue weighted by molar-refractivity contribution is 0.172. The van der Waals surface area contributed by atoms with E-state index in [-0.39, 0.29) is 24.0 Å². The first-order chi connectivity index (χ1) is 15.0. The third-order valence-corrected chi connectivity index (χ3v) is 5.49. The second kappa shape index (κ2) is 16.1. The van der Waals surface area contributed by atoms with Gasteiger partial charge in [-0.1, -0.05) is 12.1 Å². The highest BCUT2D eigenvalue weighted by Gasteiger charge is 2.08. The van der Waals surface area contributed by atoms with E-state index < -0.39 is 0 Å². The van der Waals surface area contributed by atoms with Crippen LogP contribution < -0.4 is 15.4 Å². The van der Waals surface area contributed by atoms with Gasteiger partial charge in [0.1, 0.15) is 11.6 Å². The second-order valence-electron chi connectivity index (χ2n) is 7.32. The number of rotatable bonds is 13. The van der Waals surface area contributed by atoms with Gasteiger partial charge in [0.2, 0.25) is 0 Å². The summed E-state index contributed by atoms with van der Waals surface area (Å²) in [5.74, 6) is 4.50. The third kappa shape index (κ3) is 9.95. The third-order valence-electron chi connectivity index (χ3n) is 4.79. The monoisotopic (exact) mass is 576 g/mol. The molecule has 0 aliphatic rings. The van der Waals surface area contributed by atoms with Crippen molar-refractivity contribution in [3.05, 3.63) is 41.0 Å². The van der Waals surface area contributed by atoms with Crippen molar-refractivity contribution in [1.82, 2.24) is 25.4 Å². The zero-order chi connectivity index (χ0) is 22.5. The van der Waals surface area contributed by atoms with E-state index in [2.05, 4.69) is 52.2 Å². The Kier molecular flexibility index (Phi) is 14.4. The van der Waals surface area contributed by atoms with E-state index in [0.29, 0.717) is 26.3 Å². The first kappa shape index (κ1) is 28.5. The van der Waals surface area contributed by atoms with Gasteiger partial charge >= 0.3 is 0 Å². The summed E-state index contributed by atoms with van der Waals surface area (Å²) in [5.41, 5.74) is 2.23. The van der Waals surface area contributed by atoms with E-state index in [0.717, 1.165) is 54.1 Å². The minimum absolute atomic E-state index is 0. The number of aryl methyl sites for hydroxylation is 2. The topological polar surface area (TPSA) is 85.6 Å². The van der Waals surface area contributed by atoms with Crippen LogP contribution in [0.25, 0.3) is 0 Å². The highest BCUT2D eigenvalue weighted by molar-refractivity contribution is 14.0. The maximum atomic E-state index is 6.00. The van der Waals surface area contributed by atoms with Gasteiger partial charge in [-0.3, -0.25) is 0 Å². The Morgan fingerprint density at radius 1 is 1.16 bits per heavy atom. The molecule has 0 amide bonds. The van der Waals surface area contributed by atoms with Crippen LogP contribution in [0.3, 0.4) is 0 Å². The molecule has 2 rings (SSSR count). The number of methoxy groups -OCH3 is 1. The van der Waals surface area contributed by atoms with Crippen molar-refractivity contribution < 1.29 is 9.47 Å². The van der Waals surface area contributed by atoms with Crippen LogP contribution in [-0.4, -0.2) is 59.6 Å². The van der Waals surface area contributed by atoms with Gasteiger partial charge in [0, 0.05) is 39.3 Å². The Labute approximate surface area is 213 Å². The number of nitrogens with one attached hydrogen (secondary N) is 2. The quantitative estimate of drug-likeness (QED) is 0.164. The van der Waals surface area contributed by atoms with Crippen LogP contribution in [0.5, 0.6) is 5.75 Å². The lowest BCUT2D eigenvalue weighted by Gasteiger charge is -2.14. The average molecular weight is 577 g/mol. The Balaban J connectivity index is 0.00000512. The SMILES string of the molecule is COCCCOc1cc(C)ccc1CN=C(NCCCSC)NCc1nnc(C)n1C.I. The molecule has 0 unspecified atom stereocenters. The number of guanidine groups is 1. The van der Waals surface area contributed by atoms with Gasteiger partial charge in [0.15, 0.2) is 11.8 Å². The van der Waals surface area contributed by atoms with E-state index in [1.165, 1.54) is 5.56 Å². The van der Waals surface area contributed by atoms with Crippen LogP contribution in [-0.2, 0) is 24.9 Å². The number of ether oxygens (including phenoxy) is 2. The molecule has 2 aromatic rings. The van der Waals surface area contributed by atoms with Crippen molar-refractivity contribution >= 4 is 41.7 Å². The Hall–Kier alpha value is -1.53. The summed E-state index contributed by atoms with van der Waals surface area (Å²) < 4.78 is 13.1. The number of aliphatic imine (C=N–C) groups is 1. The van der Waals surface area contributed by atoms with Gasteiger partial charge in [-0.15, -0.1) is 34.2 Å². The molecule has 10 heteroatoms. The molecule has 8 nitrogen and oxygen atoms in total. The van der Waals surface area contributed by atoms with Gasteiger partial charge in [-0.2, -0.15) is 11.8 Å². The van der Waals surface area contributed by atoms with Crippen LogP contribution in [0.4, 0.5) is 0 Å². The molecule has 0 radical (unpaired) electrons. The highest BCUT2D eigenvalue weighted by Crippen LogP contribution is 2.21. The van der Waals surface area contributed by atoms with Crippen LogP contribution in [0, 0.1) is 13.8 Å². The standard InChI is InChI=1S/C22H36N6O2S.HI/c1-17-8-9-19(20(14-17)30-12-7-11-29-4)15-24-22(23-10-6-13-31-5)25-16-21-27-26-18(2)28(21)3;/h8-9,14H,6-7,10-13,15-16H2,1-5H3,(H2,23,24,25);1H. The van der Waals surface area contributed by atoms with E-state index in [1.54, 1.807) is 7.11 Å². The highest BCUT2D eigenvalue weighted by atomic mass is 127. The lowest BCUT2D eigenvalue weighted by Crippen LogP contribution is -2.38. The number of aromatic nitrogens is 3. The van der Waals surface area contributed by atoms with Crippen LogP contribution in [0.1, 0.15) is 35.6 Å². The summed E-state index contributed by atoms with van der Waals surface area (Å²) in [6, 6.07) is 6.25. The van der Waals surface area contributed by atoms with Crippen molar-refractivity contribution in [2.24, 2.45) is 12.0 Å². The summed E-state index contributed by atoms with van der Waals surface area (Å²) in [6.07, 6.45) is 4.05. The Morgan fingerprint density at radius 3 is 2.66 bits per heavy atom. The smallest absolute Gasteiger partial charge is 0.191 e. The minimum Gasteiger partial charge on any atom is -0.493 e. The first-order valence-electron chi connectivity index (χ1n) is 10.6. The molecule has 1 aromatic heterocycles.